The lowest BCUT2D eigenvalue weighted by Gasteiger charge is -2.31. The van der Waals surface area contributed by atoms with Crippen LogP contribution in [0.25, 0.3) is 0 Å². The maximum atomic E-state index is 5.98. The maximum Gasteiger partial charge on any atom is 0.0575 e. The van der Waals surface area contributed by atoms with Gasteiger partial charge in [-0.3, -0.25) is 0 Å². The summed E-state index contributed by atoms with van der Waals surface area (Å²) in [4.78, 5) is 0. The molecular formula is C18H35NO. The fourth-order valence-corrected chi connectivity index (χ4v) is 3.85. The summed E-state index contributed by atoms with van der Waals surface area (Å²) in [5.41, 5.74) is 0. The predicted molar refractivity (Wildman–Crippen MR) is 86.0 cm³/mol. The van der Waals surface area contributed by atoms with E-state index in [2.05, 4.69) is 19.2 Å². The van der Waals surface area contributed by atoms with E-state index >= 15 is 0 Å². The largest absolute Gasteiger partial charge is 0.378 e. The third-order valence-electron chi connectivity index (χ3n) is 5.37. The van der Waals surface area contributed by atoms with Crippen LogP contribution in [-0.2, 0) is 4.74 Å². The first-order valence-corrected chi connectivity index (χ1v) is 9.10. The molecule has 0 aromatic rings. The highest BCUT2D eigenvalue weighted by molar-refractivity contribution is 4.78. The Balaban J connectivity index is 1.45. The second-order valence-corrected chi connectivity index (χ2v) is 7.29. The molecule has 0 aromatic carbocycles. The van der Waals surface area contributed by atoms with Crippen LogP contribution in [0.2, 0.25) is 0 Å². The van der Waals surface area contributed by atoms with Crippen LogP contribution >= 0.6 is 0 Å². The van der Waals surface area contributed by atoms with Gasteiger partial charge in [-0.2, -0.15) is 0 Å². The molecular weight excluding hydrogens is 246 g/mol. The minimum absolute atomic E-state index is 0.574. The fourth-order valence-electron chi connectivity index (χ4n) is 3.85. The highest BCUT2D eigenvalue weighted by atomic mass is 16.5. The van der Waals surface area contributed by atoms with Gasteiger partial charge in [-0.05, 0) is 63.3 Å². The van der Waals surface area contributed by atoms with E-state index in [0.29, 0.717) is 6.10 Å². The van der Waals surface area contributed by atoms with Crippen molar-refractivity contribution >= 4 is 0 Å². The molecule has 0 aromatic heterocycles. The van der Waals surface area contributed by atoms with Gasteiger partial charge < -0.3 is 10.1 Å². The smallest absolute Gasteiger partial charge is 0.0575 e. The van der Waals surface area contributed by atoms with Crippen LogP contribution in [0.3, 0.4) is 0 Å². The molecule has 20 heavy (non-hydrogen) atoms. The molecule has 0 atom stereocenters. The summed E-state index contributed by atoms with van der Waals surface area (Å²) in [7, 11) is 0. The number of nitrogens with one attached hydrogen (secondary N) is 1. The van der Waals surface area contributed by atoms with Crippen molar-refractivity contribution in [1.29, 1.82) is 0 Å². The van der Waals surface area contributed by atoms with Crippen molar-refractivity contribution in [3.05, 3.63) is 0 Å². The van der Waals surface area contributed by atoms with Gasteiger partial charge in [0.1, 0.15) is 0 Å². The van der Waals surface area contributed by atoms with Crippen molar-refractivity contribution in [3.8, 4) is 0 Å². The molecule has 2 rings (SSSR count). The Morgan fingerprint density at radius 1 is 0.950 bits per heavy atom. The maximum absolute atomic E-state index is 5.98. The van der Waals surface area contributed by atoms with Crippen molar-refractivity contribution in [2.24, 2.45) is 11.8 Å². The SMILES string of the molecule is CC(C)C1CCC(NCCCOC2CCCCC2)CC1. The Morgan fingerprint density at radius 3 is 2.30 bits per heavy atom. The van der Waals surface area contributed by atoms with Gasteiger partial charge in [-0.25, -0.2) is 0 Å². The zero-order valence-corrected chi connectivity index (χ0v) is 13.7. The molecule has 0 aliphatic heterocycles. The lowest BCUT2D eigenvalue weighted by atomic mass is 9.80. The van der Waals surface area contributed by atoms with E-state index in [-0.39, 0.29) is 0 Å². The van der Waals surface area contributed by atoms with Crippen LogP contribution in [0.4, 0.5) is 0 Å². The monoisotopic (exact) mass is 281 g/mol. The minimum atomic E-state index is 0.574. The highest BCUT2D eigenvalue weighted by Gasteiger charge is 2.22. The van der Waals surface area contributed by atoms with Gasteiger partial charge in [0, 0.05) is 12.6 Å². The van der Waals surface area contributed by atoms with Gasteiger partial charge in [-0.15, -0.1) is 0 Å². The van der Waals surface area contributed by atoms with E-state index < -0.39 is 0 Å². The van der Waals surface area contributed by atoms with Crippen molar-refractivity contribution in [3.63, 3.8) is 0 Å². The fraction of sp³-hybridized carbons (Fsp3) is 1.00. The summed E-state index contributed by atoms with van der Waals surface area (Å²) in [5, 5.41) is 3.74. The van der Waals surface area contributed by atoms with Gasteiger partial charge >= 0.3 is 0 Å². The van der Waals surface area contributed by atoms with Gasteiger partial charge in [0.05, 0.1) is 6.10 Å². The van der Waals surface area contributed by atoms with Crippen molar-refractivity contribution in [1.82, 2.24) is 5.32 Å². The van der Waals surface area contributed by atoms with Crippen LogP contribution in [0.1, 0.15) is 78.1 Å². The predicted octanol–water partition coefficient (Wildman–Crippen LogP) is 4.53. The minimum Gasteiger partial charge on any atom is -0.378 e. The third-order valence-corrected chi connectivity index (χ3v) is 5.37. The molecule has 0 unspecified atom stereocenters. The first-order chi connectivity index (χ1) is 9.75. The molecule has 2 aliphatic rings. The zero-order chi connectivity index (χ0) is 14.2. The van der Waals surface area contributed by atoms with E-state index in [1.807, 2.05) is 0 Å². The van der Waals surface area contributed by atoms with Crippen molar-refractivity contribution in [2.45, 2.75) is 90.2 Å². The molecule has 0 radical (unpaired) electrons. The zero-order valence-electron chi connectivity index (χ0n) is 13.7. The number of ether oxygens (including phenoxy) is 1. The van der Waals surface area contributed by atoms with Crippen molar-refractivity contribution < 1.29 is 4.74 Å². The van der Waals surface area contributed by atoms with E-state index in [9.17, 15) is 0 Å². The van der Waals surface area contributed by atoms with Crippen LogP contribution in [-0.4, -0.2) is 25.3 Å². The van der Waals surface area contributed by atoms with Crippen LogP contribution < -0.4 is 5.32 Å². The quantitative estimate of drug-likeness (QED) is 0.692. The molecule has 0 heterocycles. The molecule has 1 N–H and O–H groups in total. The van der Waals surface area contributed by atoms with Crippen LogP contribution in [0.5, 0.6) is 0 Å². The van der Waals surface area contributed by atoms with Gasteiger partial charge in [0.2, 0.25) is 0 Å². The number of hydrogen-bond donors (Lipinski definition) is 1. The van der Waals surface area contributed by atoms with E-state index in [1.54, 1.807) is 0 Å². The summed E-state index contributed by atoms with van der Waals surface area (Å²) in [5.74, 6) is 1.85. The Morgan fingerprint density at radius 2 is 1.65 bits per heavy atom. The van der Waals surface area contributed by atoms with Gasteiger partial charge in [0.25, 0.3) is 0 Å². The van der Waals surface area contributed by atoms with Crippen LogP contribution in [0.15, 0.2) is 0 Å². The lowest BCUT2D eigenvalue weighted by Crippen LogP contribution is -2.35. The summed E-state index contributed by atoms with van der Waals surface area (Å²) >= 11 is 0. The Kier molecular flexibility index (Phi) is 7.37. The van der Waals surface area contributed by atoms with Gasteiger partial charge in [-0.1, -0.05) is 33.1 Å². The lowest BCUT2D eigenvalue weighted by molar-refractivity contribution is 0.0269. The molecule has 2 fully saturated rings. The third kappa shape index (κ3) is 5.73. The van der Waals surface area contributed by atoms with Crippen molar-refractivity contribution in [2.75, 3.05) is 13.2 Å². The molecule has 0 spiro atoms. The summed E-state index contributed by atoms with van der Waals surface area (Å²) < 4.78 is 5.98. The van der Waals surface area contributed by atoms with E-state index in [4.69, 9.17) is 4.74 Å². The second kappa shape index (κ2) is 9.04. The summed E-state index contributed by atoms with van der Waals surface area (Å²) in [6, 6.07) is 0.777. The summed E-state index contributed by atoms with van der Waals surface area (Å²) in [6.07, 6.45) is 14.1. The Bertz CT molecular complexity index is 240. The Labute approximate surface area is 126 Å². The molecule has 2 saturated carbocycles. The topological polar surface area (TPSA) is 21.3 Å². The average molecular weight is 281 g/mol. The summed E-state index contributed by atoms with van der Waals surface area (Å²) in [6.45, 7) is 6.85. The molecule has 0 bridgehead atoms. The van der Waals surface area contributed by atoms with E-state index in [0.717, 1.165) is 31.0 Å². The molecule has 2 heteroatoms. The van der Waals surface area contributed by atoms with E-state index in [1.165, 1.54) is 64.2 Å². The molecule has 118 valence electrons. The molecule has 0 amide bonds. The number of hydrogen-bond acceptors (Lipinski definition) is 2. The number of rotatable bonds is 7. The molecule has 0 saturated heterocycles. The first-order valence-electron chi connectivity index (χ1n) is 9.10. The molecule has 2 nitrogen and oxygen atoms in total. The average Bonchev–Trinajstić information content (AvgIpc) is 2.48. The molecule has 2 aliphatic carbocycles. The van der Waals surface area contributed by atoms with Gasteiger partial charge in [0.15, 0.2) is 0 Å². The highest BCUT2D eigenvalue weighted by Crippen LogP contribution is 2.29. The standard InChI is InChI=1S/C18H35NO/c1-15(2)16-9-11-17(12-10-16)19-13-6-14-20-18-7-4-3-5-8-18/h15-19H,3-14H2,1-2H3. The first kappa shape index (κ1) is 16.3. The second-order valence-electron chi connectivity index (χ2n) is 7.29. The Hall–Kier alpha value is -0.0800. The van der Waals surface area contributed by atoms with Crippen LogP contribution in [0, 0.1) is 11.8 Å². The normalized spacial score (nSPS) is 28.9.